The van der Waals surface area contributed by atoms with E-state index in [0.717, 1.165) is 23.3 Å². The summed E-state index contributed by atoms with van der Waals surface area (Å²) in [5, 5.41) is 37.0. The summed E-state index contributed by atoms with van der Waals surface area (Å²) in [5.41, 5.74) is 13.9. The molecule has 0 aliphatic carbocycles. The Morgan fingerprint density at radius 3 is 1.28 bits per heavy atom. The molecule has 1 atom stereocenters. The van der Waals surface area contributed by atoms with E-state index < -0.39 is 89.3 Å². The van der Waals surface area contributed by atoms with Gasteiger partial charge in [-0.05, 0) is 84.6 Å². The number of phenolic OH excluding ortho intramolecular Hbond substituents is 2. The molecule has 10 N–H and O–H groups in total. The monoisotopic (exact) mass is 856 g/mol. The summed E-state index contributed by atoms with van der Waals surface area (Å²) in [4.78, 5) is -3.28. The van der Waals surface area contributed by atoms with Crippen LogP contribution < -0.4 is 11.5 Å². The van der Waals surface area contributed by atoms with Crippen LogP contribution in [0.1, 0.15) is 11.1 Å². The fourth-order valence-electron chi connectivity index (χ4n) is 5.97. The van der Waals surface area contributed by atoms with Gasteiger partial charge < -0.3 is 26.2 Å². The van der Waals surface area contributed by atoms with Crippen LogP contribution in [-0.4, -0.2) is 57.9 Å². The van der Waals surface area contributed by atoms with Gasteiger partial charge in [-0.2, -0.15) is 35.5 Å². The van der Waals surface area contributed by atoms with Crippen molar-refractivity contribution < 1.29 is 57.9 Å². The van der Waals surface area contributed by atoms with Crippen LogP contribution in [0.2, 0.25) is 0 Å². The number of azo groups is 2. The van der Waals surface area contributed by atoms with Crippen molar-refractivity contribution in [2.45, 2.75) is 33.4 Å². The van der Waals surface area contributed by atoms with Crippen molar-refractivity contribution in [3.8, 4) is 22.6 Å². The van der Waals surface area contributed by atoms with E-state index in [-0.39, 0.29) is 27.5 Å². The first-order valence-corrected chi connectivity index (χ1v) is 21.2. The highest BCUT2D eigenvalue weighted by molar-refractivity contribution is 7.87. The van der Waals surface area contributed by atoms with Crippen molar-refractivity contribution in [3.63, 3.8) is 0 Å². The third kappa shape index (κ3) is 7.77. The lowest BCUT2D eigenvalue weighted by atomic mass is 10.0. The lowest BCUT2D eigenvalue weighted by Crippen LogP contribution is -2.08. The minimum Gasteiger partial charge on any atom is -0.505 e. The van der Waals surface area contributed by atoms with Gasteiger partial charge in [0.25, 0.3) is 30.4 Å². The Kier molecular flexibility index (Phi) is 10.4. The summed E-state index contributed by atoms with van der Waals surface area (Å²) in [5.74, 6) is -1.42. The summed E-state index contributed by atoms with van der Waals surface area (Å²) in [6.07, 6.45) is 0. The Balaban J connectivity index is 1.29. The summed E-state index contributed by atoms with van der Waals surface area (Å²) < 4.78 is 122. The third-order valence-electron chi connectivity index (χ3n) is 8.72. The predicted octanol–water partition coefficient (Wildman–Crippen LogP) is 7.00. The lowest BCUT2D eigenvalue weighted by Gasteiger charge is -2.13. The molecule has 6 rings (SSSR count). The number of hydrogen-bond acceptors (Lipinski definition) is 15. The molecule has 0 fully saturated rings. The van der Waals surface area contributed by atoms with Gasteiger partial charge in [-0.25, -0.2) is 4.21 Å². The minimum absolute atomic E-state index is 0.161. The van der Waals surface area contributed by atoms with Gasteiger partial charge in [0.2, 0.25) is 0 Å². The van der Waals surface area contributed by atoms with Crippen LogP contribution in [0.15, 0.2) is 113 Å². The topological polar surface area (TPSA) is 342 Å². The molecule has 0 aliphatic rings. The van der Waals surface area contributed by atoms with Gasteiger partial charge in [-0.1, -0.05) is 24.3 Å². The molecule has 0 aromatic heterocycles. The Hall–Kier alpha value is -5.92. The second kappa shape index (κ2) is 14.5. The Bertz CT molecular complexity index is 3150. The highest BCUT2D eigenvalue weighted by atomic mass is 32.2. The normalized spacial score (nSPS) is 13.3. The third-order valence-corrected chi connectivity index (χ3v) is 12.1. The molecule has 0 bridgehead atoms. The lowest BCUT2D eigenvalue weighted by molar-refractivity contribution is 0.478. The molecule has 0 saturated heterocycles. The molecule has 23 heteroatoms. The maximum atomic E-state index is 12.0. The van der Waals surface area contributed by atoms with E-state index in [2.05, 4.69) is 20.5 Å². The number of nitrogens with two attached hydrogens (primary N) is 2. The van der Waals surface area contributed by atoms with Crippen LogP contribution in [0, 0.1) is 13.8 Å². The first-order chi connectivity index (χ1) is 26.5. The summed E-state index contributed by atoms with van der Waals surface area (Å²) >= 11 is -2.77. The van der Waals surface area contributed by atoms with Crippen molar-refractivity contribution in [2.24, 2.45) is 20.5 Å². The second-order valence-corrected chi connectivity index (χ2v) is 17.5. The van der Waals surface area contributed by atoms with Crippen molar-refractivity contribution in [1.82, 2.24) is 0 Å². The van der Waals surface area contributed by atoms with Gasteiger partial charge in [0.15, 0.2) is 22.6 Å². The largest absolute Gasteiger partial charge is 0.505 e. The Labute approximate surface area is 325 Å². The van der Waals surface area contributed by atoms with E-state index in [1.807, 2.05) is 0 Å². The zero-order chi connectivity index (χ0) is 41.9. The van der Waals surface area contributed by atoms with Crippen molar-refractivity contribution >= 4 is 97.1 Å². The molecule has 0 radical (unpaired) electrons. The molecule has 0 amide bonds. The zero-order valence-corrected chi connectivity index (χ0v) is 32.3. The van der Waals surface area contributed by atoms with Crippen molar-refractivity contribution in [3.05, 3.63) is 83.9 Å². The first kappa shape index (κ1) is 40.7. The van der Waals surface area contributed by atoms with E-state index in [1.54, 1.807) is 50.2 Å². The van der Waals surface area contributed by atoms with E-state index in [4.69, 9.17) is 11.5 Å². The number of benzene rings is 6. The van der Waals surface area contributed by atoms with Crippen LogP contribution in [-0.2, 0) is 41.4 Å². The van der Waals surface area contributed by atoms with Gasteiger partial charge in [-0.15, -0.1) is 10.2 Å². The highest BCUT2D eigenvalue weighted by Gasteiger charge is 2.27. The molecular formula is C34H28N6O13S4. The molecular weight excluding hydrogens is 829 g/mol. The fraction of sp³-hybridized carbons (Fsp3) is 0.0588. The number of fused-ring (bicyclic) bond motifs is 2. The average Bonchev–Trinajstić information content (AvgIpc) is 3.10. The molecule has 0 spiro atoms. The maximum absolute atomic E-state index is 12.0. The molecule has 0 saturated carbocycles. The van der Waals surface area contributed by atoms with Crippen molar-refractivity contribution in [2.75, 3.05) is 11.5 Å². The number of anilines is 2. The van der Waals surface area contributed by atoms with E-state index in [9.17, 15) is 57.9 Å². The van der Waals surface area contributed by atoms with Crippen molar-refractivity contribution in [1.29, 1.82) is 0 Å². The van der Waals surface area contributed by atoms with E-state index in [1.165, 1.54) is 18.2 Å². The average molecular weight is 857 g/mol. The molecule has 296 valence electrons. The summed E-state index contributed by atoms with van der Waals surface area (Å²) in [6.45, 7) is 3.47. The minimum atomic E-state index is -5.09. The maximum Gasteiger partial charge on any atom is 0.296 e. The standard InChI is InChI=1S/C34H28N6O13S4/c1-15-11-17(3-7-21(15)37-39-23-9-5-19-26(55(45,46)47)13-25(54(43)44)31(35)29(19)33(23)41)18-4-8-22(16(2)12-18)38-40-24-10-6-20-27(56(48,49)50)14-28(57(51,52)53)32(36)30(20)34(24)42/h3-14,41-42H,35-36H2,1-2H3,(H,43,44)(H,45,46,47)(H,48,49,50)(H,51,52,53). The van der Waals surface area contributed by atoms with E-state index >= 15 is 0 Å². The molecule has 19 nitrogen and oxygen atoms in total. The number of nitrogen functional groups attached to an aromatic ring is 2. The fourth-order valence-corrected chi connectivity index (χ4v) is 8.70. The van der Waals surface area contributed by atoms with Crippen LogP contribution in [0.3, 0.4) is 0 Å². The van der Waals surface area contributed by atoms with Gasteiger partial charge in [-0.3, -0.25) is 13.7 Å². The van der Waals surface area contributed by atoms with Crippen LogP contribution in [0.4, 0.5) is 34.1 Å². The number of hydrogen-bond donors (Lipinski definition) is 8. The molecule has 57 heavy (non-hydrogen) atoms. The first-order valence-electron chi connectivity index (χ1n) is 15.7. The molecule has 6 aromatic rings. The van der Waals surface area contributed by atoms with Crippen LogP contribution in [0.5, 0.6) is 11.5 Å². The van der Waals surface area contributed by atoms with Gasteiger partial charge in [0.05, 0.1) is 38.4 Å². The van der Waals surface area contributed by atoms with Crippen LogP contribution >= 0.6 is 0 Å². The number of aromatic hydroxyl groups is 2. The number of rotatable bonds is 9. The summed E-state index contributed by atoms with van der Waals surface area (Å²) in [6, 6.07) is 16.2. The predicted molar refractivity (Wildman–Crippen MR) is 208 cm³/mol. The van der Waals surface area contributed by atoms with Gasteiger partial charge in [0.1, 0.15) is 26.1 Å². The van der Waals surface area contributed by atoms with Gasteiger partial charge in [0, 0.05) is 10.8 Å². The molecule has 6 aromatic carbocycles. The second-order valence-electron chi connectivity index (χ2n) is 12.4. The van der Waals surface area contributed by atoms with Crippen LogP contribution in [0.25, 0.3) is 32.7 Å². The molecule has 0 aliphatic heterocycles. The van der Waals surface area contributed by atoms with Gasteiger partial charge >= 0.3 is 0 Å². The molecule has 0 heterocycles. The highest BCUT2D eigenvalue weighted by Crippen LogP contribution is 2.45. The Morgan fingerprint density at radius 2 is 0.895 bits per heavy atom. The number of phenols is 2. The zero-order valence-electron chi connectivity index (χ0n) is 29.0. The number of aryl methyl sites for hydroxylation is 2. The molecule has 1 unspecified atom stereocenters. The quantitative estimate of drug-likeness (QED) is 0.0314. The summed E-state index contributed by atoms with van der Waals surface area (Å²) in [7, 11) is -15.0. The van der Waals surface area contributed by atoms with E-state index in [0.29, 0.717) is 28.6 Å². The Morgan fingerprint density at radius 1 is 0.526 bits per heavy atom. The number of nitrogens with zero attached hydrogens (tertiary/aromatic N) is 4. The SMILES string of the molecule is Cc1cc(-c2ccc(N=Nc3ccc4c(S(=O)(=O)O)cc(S(=O)(=O)O)c(N)c4c3O)c(C)c2)ccc1N=Nc1ccc2c(S(=O)(=O)O)cc(S(=O)O)c(N)c2c1O. The smallest absolute Gasteiger partial charge is 0.296 e.